The van der Waals surface area contributed by atoms with Gasteiger partial charge in [0.05, 0.1) is 11.4 Å². The fourth-order valence-corrected chi connectivity index (χ4v) is 11.7. The maximum Gasteiger partial charge on any atom is 0.0543 e. The van der Waals surface area contributed by atoms with Crippen LogP contribution >= 0.6 is 0 Å². The van der Waals surface area contributed by atoms with E-state index in [0.717, 1.165) is 28.2 Å². The van der Waals surface area contributed by atoms with Crippen LogP contribution in [0.1, 0.15) is 23.6 Å². The molecule has 71 heavy (non-hydrogen) atoms. The van der Waals surface area contributed by atoms with Crippen molar-refractivity contribution in [1.29, 1.82) is 0 Å². The van der Waals surface area contributed by atoms with E-state index in [9.17, 15) is 0 Å². The first kappa shape index (κ1) is 42.1. The number of benzene rings is 12. The summed E-state index contributed by atoms with van der Waals surface area (Å²) < 4.78 is 0. The summed E-state index contributed by atoms with van der Waals surface area (Å²) in [6, 6.07) is 103. The zero-order chi connectivity index (χ0) is 47.3. The Hall–Kier alpha value is -9.04. The third kappa shape index (κ3) is 7.00. The molecule has 1 unspecified atom stereocenters. The summed E-state index contributed by atoms with van der Waals surface area (Å²) in [6.45, 7) is 2.41. The molecule has 0 aromatic heterocycles. The molecule has 12 aromatic rings. The Morgan fingerprint density at radius 1 is 0.268 bits per heavy atom. The molecule has 0 spiro atoms. The van der Waals surface area contributed by atoms with Gasteiger partial charge in [-0.25, -0.2) is 0 Å². The van der Waals surface area contributed by atoms with Crippen molar-refractivity contribution in [3.63, 3.8) is 0 Å². The van der Waals surface area contributed by atoms with Crippen LogP contribution in [-0.4, -0.2) is 0 Å². The number of nitrogens with zero attached hydrogens (tertiary/aromatic N) is 1. The average molecular weight is 904 g/mol. The van der Waals surface area contributed by atoms with Crippen LogP contribution in [0.3, 0.4) is 0 Å². The first-order valence-electron chi connectivity index (χ1n) is 24.7. The van der Waals surface area contributed by atoms with Gasteiger partial charge in [-0.1, -0.05) is 249 Å². The van der Waals surface area contributed by atoms with Crippen molar-refractivity contribution in [2.75, 3.05) is 4.90 Å². The van der Waals surface area contributed by atoms with Crippen LogP contribution in [0.5, 0.6) is 0 Å². The molecule has 0 heterocycles. The Balaban J connectivity index is 1.11. The molecule has 0 saturated carbocycles. The summed E-state index contributed by atoms with van der Waals surface area (Å²) in [4.78, 5) is 2.54. The van der Waals surface area contributed by atoms with E-state index < -0.39 is 0 Å². The van der Waals surface area contributed by atoms with Crippen LogP contribution in [-0.2, 0) is 5.41 Å². The molecule has 1 aliphatic rings. The smallest absolute Gasteiger partial charge is 0.0543 e. The van der Waals surface area contributed by atoms with E-state index in [2.05, 4.69) is 291 Å². The topological polar surface area (TPSA) is 3.24 Å². The molecule has 0 fully saturated rings. The fraction of sp³-hybridized carbons (Fsp3) is 0.0286. The summed E-state index contributed by atoms with van der Waals surface area (Å²) in [5.41, 5.74) is 21.3. The van der Waals surface area contributed by atoms with Crippen molar-refractivity contribution < 1.29 is 0 Å². The minimum atomic E-state index is -0.369. The number of hydrogen-bond donors (Lipinski definition) is 0. The highest BCUT2D eigenvalue weighted by Gasteiger charge is 2.42. The zero-order valence-corrected chi connectivity index (χ0v) is 39.5. The lowest BCUT2D eigenvalue weighted by molar-refractivity contribution is 0.714. The van der Waals surface area contributed by atoms with Crippen molar-refractivity contribution in [3.05, 3.63) is 296 Å². The van der Waals surface area contributed by atoms with E-state index in [1.165, 1.54) is 93.9 Å². The van der Waals surface area contributed by atoms with Crippen LogP contribution in [0, 0.1) is 0 Å². The number of fused-ring (bicyclic) bond motifs is 6. The number of hydrogen-bond acceptors (Lipinski definition) is 1. The number of rotatable bonds is 9. The highest BCUT2D eigenvalue weighted by molar-refractivity contribution is 6.22. The molecular formula is C70H49N. The Morgan fingerprint density at radius 3 is 1.44 bits per heavy atom. The highest BCUT2D eigenvalue weighted by Crippen LogP contribution is 2.58. The second-order valence-electron chi connectivity index (χ2n) is 18.8. The fourth-order valence-electron chi connectivity index (χ4n) is 11.7. The maximum absolute atomic E-state index is 2.54. The van der Waals surface area contributed by atoms with Crippen molar-refractivity contribution in [3.8, 4) is 66.8 Å². The van der Waals surface area contributed by atoms with Crippen LogP contribution in [0.25, 0.3) is 88.3 Å². The summed E-state index contributed by atoms with van der Waals surface area (Å²) in [5.74, 6) is 0. The van der Waals surface area contributed by atoms with Gasteiger partial charge in [-0.15, -0.1) is 0 Å². The monoisotopic (exact) mass is 903 g/mol. The largest absolute Gasteiger partial charge is 0.309 e. The molecule has 0 radical (unpaired) electrons. The molecule has 0 saturated heterocycles. The second kappa shape index (κ2) is 17.5. The predicted molar refractivity (Wildman–Crippen MR) is 301 cm³/mol. The molecule has 1 atom stereocenters. The Morgan fingerprint density at radius 2 is 0.761 bits per heavy atom. The highest BCUT2D eigenvalue weighted by atomic mass is 15.1. The molecular weight excluding hydrogens is 855 g/mol. The van der Waals surface area contributed by atoms with Gasteiger partial charge in [-0.05, 0) is 131 Å². The number of anilines is 3. The van der Waals surface area contributed by atoms with Crippen LogP contribution in [0.15, 0.2) is 279 Å². The first-order chi connectivity index (χ1) is 35.1. The summed E-state index contributed by atoms with van der Waals surface area (Å²) >= 11 is 0. The standard InChI is InChI=1S/C70H49N/c1-70(53-32-15-6-16-33-53)63-38-21-19-37-60(63)69-64(70)39-23-41-66(69)71(54-43-45-55(48-24-7-2-8-25-48)61(47-54)49-26-9-3-10-27-49)65-40-22-20-34-56(65)52-42-44-58-57-35-17-18-36-59(57)67(50-28-11-4-12-29-50)68(62(58)46-52)51-30-13-5-14-31-51/h2-47H,1H3. The van der Waals surface area contributed by atoms with Crippen molar-refractivity contribution in [2.45, 2.75) is 12.3 Å². The Kier molecular flexibility index (Phi) is 10.4. The van der Waals surface area contributed by atoms with Gasteiger partial charge in [0.15, 0.2) is 0 Å². The van der Waals surface area contributed by atoms with E-state index in [1.807, 2.05) is 0 Å². The molecule has 0 amide bonds. The SMILES string of the molecule is CC1(c2ccccc2)c2ccccc2-c2c(N(c3ccc(-c4ccccc4)c(-c4ccccc4)c3)c3ccccc3-c3ccc4c(c3)c(-c3ccccc3)c(-c3ccccc3)c3ccccc34)cccc21. The molecule has 0 aliphatic heterocycles. The van der Waals surface area contributed by atoms with E-state index in [4.69, 9.17) is 0 Å². The van der Waals surface area contributed by atoms with Gasteiger partial charge in [0.25, 0.3) is 0 Å². The van der Waals surface area contributed by atoms with Crippen LogP contribution in [0.4, 0.5) is 17.1 Å². The van der Waals surface area contributed by atoms with E-state index in [0.29, 0.717) is 0 Å². The quantitative estimate of drug-likeness (QED) is 0.130. The number of para-hydroxylation sites is 1. The summed E-state index contributed by atoms with van der Waals surface area (Å²) in [5, 5.41) is 4.95. The molecule has 0 bridgehead atoms. The second-order valence-corrected chi connectivity index (χ2v) is 18.8. The van der Waals surface area contributed by atoms with Gasteiger partial charge in [0, 0.05) is 22.2 Å². The minimum absolute atomic E-state index is 0.369. The van der Waals surface area contributed by atoms with E-state index in [-0.39, 0.29) is 5.41 Å². The molecule has 334 valence electrons. The van der Waals surface area contributed by atoms with Gasteiger partial charge < -0.3 is 4.90 Å². The van der Waals surface area contributed by atoms with Gasteiger partial charge >= 0.3 is 0 Å². The van der Waals surface area contributed by atoms with Crippen molar-refractivity contribution in [2.24, 2.45) is 0 Å². The molecule has 0 N–H and O–H groups in total. The maximum atomic E-state index is 2.54. The lowest BCUT2D eigenvalue weighted by Gasteiger charge is -2.32. The van der Waals surface area contributed by atoms with E-state index in [1.54, 1.807) is 0 Å². The van der Waals surface area contributed by atoms with Gasteiger partial charge in [-0.2, -0.15) is 0 Å². The molecule has 13 rings (SSSR count). The van der Waals surface area contributed by atoms with E-state index >= 15 is 0 Å². The molecule has 1 heteroatoms. The summed E-state index contributed by atoms with van der Waals surface area (Å²) in [6.07, 6.45) is 0. The Labute approximate surface area is 416 Å². The third-order valence-electron chi connectivity index (χ3n) is 14.9. The normalized spacial score (nSPS) is 13.8. The predicted octanol–water partition coefficient (Wildman–Crippen LogP) is 19.1. The summed E-state index contributed by atoms with van der Waals surface area (Å²) in [7, 11) is 0. The first-order valence-corrected chi connectivity index (χ1v) is 24.7. The van der Waals surface area contributed by atoms with Gasteiger partial charge in [0.2, 0.25) is 0 Å². The zero-order valence-electron chi connectivity index (χ0n) is 39.5. The lowest BCUT2D eigenvalue weighted by atomic mass is 9.74. The van der Waals surface area contributed by atoms with Gasteiger partial charge in [-0.3, -0.25) is 0 Å². The van der Waals surface area contributed by atoms with Crippen molar-refractivity contribution in [1.82, 2.24) is 0 Å². The molecule has 1 aliphatic carbocycles. The van der Waals surface area contributed by atoms with Crippen LogP contribution in [0.2, 0.25) is 0 Å². The Bertz CT molecular complexity index is 3920. The molecule has 12 aromatic carbocycles. The van der Waals surface area contributed by atoms with Crippen molar-refractivity contribution >= 4 is 38.6 Å². The molecule has 1 nitrogen and oxygen atoms in total. The lowest BCUT2D eigenvalue weighted by Crippen LogP contribution is -2.22. The third-order valence-corrected chi connectivity index (χ3v) is 14.9. The minimum Gasteiger partial charge on any atom is -0.309 e. The van der Waals surface area contributed by atoms with Gasteiger partial charge in [0.1, 0.15) is 0 Å². The van der Waals surface area contributed by atoms with Crippen LogP contribution < -0.4 is 4.90 Å². The average Bonchev–Trinajstić information content (AvgIpc) is 3.72.